The van der Waals surface area contributed by atoms with Gasteiger partial charge >= 0.3 is 6.03 Å². The molecule has 0 aromatic carbocycles. The summed E-state index contributed by atoms with van der Waals surface area (Å²) in [6.07, 6.45) is 6.59. The van der Waals surface area contributed by atoms with Crippen LogP contribution in [0.2, 0.25) is 0 Å². The molecule has 1 aliphatic rings. The van der Waals surface area contributed by atoms with Gasteiger partial charge in [-0.2, -0.15) is 0 Å². The molecule has 1 unspecified atom stereocenters. The second kappa shape index (κ2) is 8.07. The van der Waals surface area contributed by atoms with E-state index in [0.717, 1.165) is 0 Å². The lowest BCUT2D eigenvalue weighted by molar-refractivity contribution is 0.0438. The summed E-state index contributed by atoms with van der Waals surface area (Å²) in [5, 5.41) is 25.4. The number of aromatic nitrogens is 3. The molecule has 1 saturated carbocycles. The van der Waals surface area contributed by atoms with Gasteiger partial charge in [0.25, 0.3) is 0 Å². The molecule has 0 aliphatic heterocycles. The average molecular weight is 359 g/mol. The monoisotopic (exact) mass is 359 g/mol. The highest BCUT2D eigenvalue weighted by Crippen LogP contribution is 2.38. The Labute approximate surface area is 150 Å². The molecular formula is C17H21N5O4. The smallest absolute Gasteiger partial charge is 0.319 e. The molecule has 2 heterocycles. The van der Waals surface area contributed by atoms with Crippen LogP contribution in [0, 0.1) is 5.41 Å². The van der Waals surface area contributed by atoms with E-state index in [2.05, 4.69) is 25.6 Å². The number of amides is 2. The Kier molecular flexibility index (Phi) is 5.59. The number of nitrogens with zero attached hydrogens (tertiary/aromatic N) is 3. The zero-order valence-electron chi connectivity index (χ0n) is 14.1. The van der Waals surface area contributed by atoms with Crippen molar-refractivity contribution in [3.05, 3.63) is 43.1 Å². The van der Waals surface area contributed by atoms with Crippen LogP contribution in [0.25, 0.3) is 0 Å². The quantitative estimate of drug-likeness (QED) is 0.593. The number of urea groups is 1. The summed E-state index contributed by atoms with van der Waals surface area (Å²) in [5.74, 6) is 0.350. The van der Waals surface area contributed by atoms with Gasteiger partial charge in [0.15, 0.2) is 0 Å². The summed E-state index contributed by atoms with van der Waals surface area (Å²) >= 11 is 0. The van der Waals surface area contributed by atoms with Crippen molar-refractivity contribution in [2.45, 2.75) is 25.0 Å². The molecule has 4 N–H and O–H groups in total. The van der Waals surface area contributed by atoms with E-state index in [-0.39, 0.29) is 13.2 Å². The molecule has 138 valence electrons. The van der Waals surface area contributed by atoms with E-state index in [1.54, 1.807) is 18.3 Å². The Bertz CT molecular complexity index is 706. The first-order chi connectivity index (χ1) is 12.6. The number of aliphatic hydroxyl groups excluding tert-OH is 2. The molecule has 0 spiro atoms. The number of pyridine rings is 1. The molecule has 1 aliphatic carbocycles. The van der Waals surface area contributed by atoms with Crippen molar-refractivity contribution in [1.82, 2.24) is 20.3 Å². The van der Waals surface area contributed by atoms with Crippen LogP contribution < -0.4 is 15.4 Å². The first kappa shape index (κ1) is 18.0. The molecular weight excluding hydrogens is 338 g/mol. The highest BCUT2D eigenvalue weighted by molar-refractivity contribution is 5.88. The lowest BCUT2D eigenvalue weighted by Gasteiger charge is -2.28. The number of carbonyl (C=O) groups excluding carboxylic acids is 1. The first-order valence-corrected chi connectivity index (χ1v) is 8.26. The van der Waals surface area contributed by atoms with Crippen molar-refractivity contribution in [3.63, 3.8) is 0 Å². The van der Waals surface area contributed by atoms with Crippen molar-refractivity contribution in [1.29, 1.82) is 0 Å². The van der Waals surface area contributed by atoms with Crippen LogP contribution in [-0.4, -0.2) is 56.6 Å². The summed E-state index contributed by atoms with van der Waals surface area (Å²) in [7, 11) is 0. The highest BCUT2D eigenvalue weighted by Gasteiger charge is 2.45. The van der Waals surface area contributed by atoms with Crippen molar-refractivity contribution < 1.29 is 19.7 Å². The minimum absolute atomic E-state index is 0.187. The molecule has 0 bridgehead atoms. The minimum Gasteiger partial charge on any atom is -0.476 e. The fourth-order valence-electron chi connectivity index (χ4n) is 3.02. The van der Waals surface area contributed by atoms with E-state index >= 15 is 0 Å². The van der Waals surface area contributed by atoms with Crippen LogP contribution in [0.3, 0.4) is 0 Å². The number of carbonyl (C=O) groups is 1. The number of nitrogens with one attached hydrogen (secondary N) is 2. The van der Waals surface area contributed by atoms with E-state index in [1.807, 2.05) is 0 Å². The number of hydrogen-bond acceptors (Lipinski definition) is 7. The molecule has 2 aromatic rings. The van der Waals surface area contributed by atoms with Crippen LogP contribution in [0.15, 0.2) is 43.1 Å². The molecule has 0 radical (unpaired) electrons. The molecule has 26 heavy (non-hydrogen) atoms. The Balaban J connectivity index is 1.60. The molecule has 3 rings (SSSR count). The van der Waals surface area contributed by atoms with Gasteiger partial charge < -0.3 is 25.6 Å². The zero-order valence-corrected chi connectivity index (χ0v) is 14.1. The summed E-state index contributed by atoms with van der Waals surface area (Å²) in [6.45, 7) is 0.417. The van der Waals surface area contributed by atoms with Gasteiger partial charge in [0.1, 0.15) is 0 Å². The number of hydrogen-bond donors (Lipinski definition) is 4. The average Bonchev–Trinajstić information content (AvgIpc) is 2.95. The molecule has 2 aromatic heterocycles. The third-order valence-electron chi connectivity index (χ3n) is 4.34. The summed E-state index contributed by atoms with van der Waals surface area (Å²) in [5.41, 5.74) is -0.0378. The molecule has 2 amide bonds. The Morgan fingerprint density at radius 2 is 1.96 bits per heavy atom. The van der Waals surface area contributed by atoms with E-state index in [1.165, 1.54) is 24.8 Å². The predicted molar refractivity (Wildman–Crippen MR) is 92.5 cm³/mol. The van der Waals surface area contributed by atoms with Gasteiger partial charge in [-0.15, -0.1) is 0 Å². The van der Waals surface area contributed by atoms with Crippen LogP contribution in [0.4, 0.5) is 10.5 Å². The maximum atomic E-state index is 12.1. The maximum Gasteiger partial charge on any atom is 0.319 e. The SMILES string of the molecule is O=C(NCC1(COc2cnccn2)C[C@@H](O)[C@@H](O)C1)Nc1cccnc1. The standard InChI is InChI=1S/C17H21N5O4/c23-13-6-17(7-14(13)24,11-26-15-9-19-4-5-20-15)10-21-16(25)22-12-2-1-3-18-8-12/h1-5,8-9,13-14,23-24H,6-7,10-11H2,(H2,21,22,25)/t13-,14+,17?. The highest BCUT2D eigenvalue weighted by atomic mass is 16.5. The minimum atomic E-state index is -0.858. The Hall–Kier alpha value is -2.78. The second-order valence-electron chi connectivity index (χ2n) is 6.42. The number of rotatable bonds is 6. The fourth-order valence-corrected chi connectivity index (χ4v) is 3.02. The molecule has 9 nitrogen and oxygen atoms in total. The van der Waals surface area contributed by atoms with Gasteiger partial charge in [0, 0.05) is 30.6 Å². The summed E-state index contributed by atoms with van der Waals surface area (Å²) in [6, 6.07) is 3.05. The predicted octanol–water partition coefficient (Wildman–Crippen LogP) is 0.574. The third kappa shape index (κ3) is 4.64. The molecule has 3 atom stereocenters. The van der Waals surface area contributed by atoms with Crippen LogP contribution in [0.1, 0.15) is 12.8 Å². The van der Waals surface area contributed by atoms with E-state index in [4.69, 9.17) is 4.74 Å². The van der Waals surface area contributed by atoms with E-state index < -0.39 is 23.7 Å². The number of ether oxygens (including phenoxy) is 1. The lowest BCUT2D eigenvalue weighted by atomic mass is 9.86. The molecule has 1 fully saturated rings. The Morgan fingerprint density at radius 3 is 2.62 bits per heavy atom. The Morgan fingerprint density at radius 1 is 1.19 bits per heavy atom. The van der Waals surface area contributed by atoms with Crippen molar-refractivity contribution in [2.24, 2.45) is 5.41 Å². The third-order valence-corrected chi connectivity index (χ3v) is 4.34. The van der Waals surface area contributed by atoms with Crippen LogP contribution in [0.5, 0.6) is 5.88 Å². The van der Waals surface area contributed by atoms with Gasteiger partial charge in [-0.05, 0) is 25.0 Å². The van der Waals surface area contributed by atoms with Gasteiger partial charge in [-0.25, -0.2) is 9.78 Å². The maximum absolute atomic E-state index is 12.1. The van der Waals surface area contributed by atoms with Gasteiger partial charge in [-0.1, -0.05) is 0 Å². The van der Waals surface area contributed by atoms with Gasteiger partial charge in [0.2, 0.25) is 5.88 Å². The fraction of sp³-hybridized carbons (Fsp3) is 0.412. The number of anilines is 1. The summed E-state index contributed by atoms with van der Waals surface area (Å²) < 4.78 is 5.66. The second-order valence-corrected chi connectivity index (χ2v) is 6.42. The van der Waals surface area contributed by atoms with Crippen molar-refractivity contribution in [2.75, 3.05) is 18.5 Å². The normalized spacial score (nSPS) is 24.8. The lowest BCUT2D eigenvalue weighted by Crippen LogP contribution is -2.42. The molecule has 0 saturated heterocycles. The zero-order chi connectivity index (χ0) is 18.4. The molecule has 9 heteroatoms. The van der Waals surface area contributed by atoms with Gasteiger partial charge in [-0.3, -0.25) is 9.97 Å². The van der Waals surface area contributed by atoms with E-state index in [9.17, 15) is 15.0 Å². The first-order valence-electron chi connectivity index (χ1n) is 8.26. The van der Waals surface area contributed by atoms with Crippen molar-refractivity contribution in [3.8, 4) is 5.88 Å². The van der Waals surface area contributed by atoms with Gasteiger partial charge in [0.05, 0.1) is 36.9 Å². The van der Waals surface area contributed by atoms with Crippen molar-refractivity contribution >= 4 is 11.7 Å². The topological polar surface area (TPSA) is 129 Å². The van der Waals surface area contributed by atoms with E-state index in [0.29, 0.717) is 24.4 Å². The number of aliphatic hydroxyl groups is 2. The van der Waals surface area contributed by atoms with Crippen LogP contribution in [-0.2, 0) is 0 Å². The van der Waals surface area contributed by atoms with Crippen LogP contribution >= 0.6 is 0 Å². The largest absolute Gasteiger partial charge is 0.476 e. The summed E-state index contributed by atoms with van der Waals surface area (Å²) in [4.78, 5) is 24.0.